The largest absolute Gasteiger partial charge is 0.326 e. The van der Waals surface area contributed by atoms with Gasteiger partial charge in [0.15, 0.2) is 0 Å². The van der Waals surface area contributed by atoms with Crippen LogP contribution in [0.3, 0.4) is 0 Å². The number of hydrogen-bond acceptors (Lipinski definition) is 7. The Morgan fingerprint density at radius 1 is 0.905 bits per heavy atom. The van der Waals surface area contributed by atoms with Crippen LogP contribution < -0.4 is 10.0 Å². The Morgan fingerprint density at radius 3 is 2.14 bits per heavy atom. The second-order valence-electron chi connectivity index (χ2n) is 11.2. The Balaban J connectivity index is 1.35. The number of hydrogen-bond donors (Lipinski definition) is 2. The average molecular weight is 632 g/mol. The number of anilines is 1. The maximum atomic E-state index is 13.6. The Kier molecular flexibility index (Phi) is 7.63. The maximum Gasteiger partial charge on any atom is 0.243 e. The fourth-order valence-electron chi connectivity index (χ4n) is 5.71. The molecule has 1 fully saturated rings. The number of sulfone groups is 1. The van der Waals surface area contributed by atoms with Gasteiger partial charge in [-0.3, -0.25) is 4.79 Å². The van der Waals surface area contributed by atoms with Crippen LogP contribution in [-0.2, 0) is 40.1 Å². The lowest BCUT2D eigenvalue weighted by molar-refractivity contribution is -0.114. The van der Waals surface area contributed by atoms with Crippen LogP contribution in [0.1, 0.15) is 50.3 Å². The number of aryl methyl sites for hydroxylation is 1. The molecule has 0 aliphatic carbocycles. The number of nitrogens with one attached hydrogen (secondary N) is 2. The van der Waals surface area contributed by atoms with Crippen molar-refractivity contribution in [3.63, 3.8) is 0 Å². The molecule has 1 saturated heterocycles. The molecule has 0 spiro atoms. The lowest BCUT2D eigenvalue weighted by Gasteiger charge is -2.35. The molecule has 3 aromatic rings. The highest BCUT2D eigenvalue weighted by molar-refractivity contribution is 7.92. The summed E-state index contributed by atoms with van der Waals surface area (Å²) < 4.78 is 84.6. The Bertz CT molecular complexity index is 1890. The number of rotatable bonds is 6. The van der Waals surface area contributed by atoms with E-state index in [2.05, 4.69) is 10.0 Å². The number of amides is 1. The van der Waals surface area contributed by atoms with E-state index in [1.807, 2.05) is 13.8 Å². The molecule has 2 aliphatic rings. The first-order valence-corrected chi connectivity index (χ1v) is 17.9. The van der Waals surface area contributed by atoms with E-state index in [9.17, 15) is 30.0 Å². The first-order valence-electron chi connectivity index (χ1n) is 13.4. The Hall–Kier alpha value is -3.10. The first kappa shape index (κ1) is 30.4. The Morgan fingerprint density at radius 2 is 1.52 bits per heavy atom. The molecule has 10 nitrogen and oxygen atoms in total. The van der Waals surface area contributed by atoms with Gasteiger partial charge in [-0.15, -0.1) is 0 Å². The molecule has 0 unspecified atom stereocenters. The molecule has 0 aromatic heterocycles. The van der Waals surface area contributed by atoms with E-state index in [1.165, 1.54) is 41.6 Å². The van der Waals surface area contributed by atoms with Gasteiger partial charge in [-0.1, -0.05) is 38.1 Å². The van der Waals surface area contributed by atoms with Crippen molar-refractivity contribution < 1.29 is 30.0 Å². The number of fused-ring (bicyclic) bond motifs is 2. The SMILES string of the molecule is CC(=O)Nc1ccc(S(=O)(=O)N2CCC(NS(=O)(=O)c3cc4c(cc3C)C(C)(C)c3ccccc3S4(=O)=O)CC2)cc1. The van der Waals surface area contributed by atoms with E-state index in [-0.39, 0.29) is 51.4 Å². The number of piperidine rings is 1. The van der Waals surface area contributed by atoms with Crippen LogP contribution in [-0.4, -0.2) is 54.6 Å². The van der Waals surface area contributed by atoms with E-state index in [0.717, 1.165) is 0 Å². The van der Waals surface area contributed by atoms with Gasteiger partial charge in [-0.2, -0.15) is 4.31 Å². The molecular weight excluding hydrogens is 599 g/mol. The van der Waals surface area contributed by atoms with Crippen LogP contribution in [0, 0.1) is 6.92 Å². The van der Waals surface area contributed by atoms with Crippen LogP contribution in [0.25, 0.3) is 0 Å². The van der Waals surface area contributed by atoms with Crippen LogP contribution in [0.15, 0.2) is 80.2 Å². The first-order chi connectivity index (χ1) is 19.5. The standard InChI is InChI=1S/C29H33N3O7S3/c1-19-17-25-28(40(34,35)26-8-6-5-7-24(26)29(25,3)4)18-27(19)41(36,37)31-22-13-15-32(16-14-22)42(38,39)23-11-9-21(10-12-23)30-20(2)33/h5-12,17-18,22,31H,13-16H2,1-4H3,(H,30,33). The molecule has 1 amide bonds. The Labute approximate surface area is 247 Å². The van der Waals surface area contributed by atoms with Crippen molar-refractivity contribution in [1.29, 1.82) is 0 Å². The van der Waals surface area contributed by atoms with Crippen LogP contribution in [0.4, 0.5) is 5.69 Å². The number of carbonyl (C=O) groups is 1. The molecule has 2 N–H and O–H groups in total. The third kappa shape index (κ3) is 5.28. The highest BCUT2D eigenvalue weighted by Gasteiger charge is 2.42. The van der Waals surface area contributed by atoms with Gasteiger partial charge in [0.25, 0.3) is 0 Å². The molecule has 13 heteroatoms. The summed E-state index contributed by atoms with van der Waals surface area (Å²) in [6.45, 7) is 7.05. The summed E-state index contributed by atoms with van der Waals surface area (Å²) in [6, 6.07) is 15.0. The molecule has 0 atom stereocenters. The summed E-state index contributed by atoms with van der Waals surface area (Å²) in [5.41, 5.74) is 1.46. The second kappa shape index (κ2) is 10.6. The maximum absolute atomic E-state index is 13.6. The van der Waals surface area contributed by atoms with Gasteiger partial charge in [0.1, 0.15) is 0 Å². The zero-order valence-corrected chi connectivity index (χ0v) is 26.2. The molecule has 3 aromatic carbocycles. The summed E-state index contributed by atoms with van der Waals surface area (Å²) in [7, 11) is -11.9. The zero-order chi connectivity index (χ0) is 30.7. The summed E-state index contributed by atoms with van der Waals surface area (Å²) in [5, 5.41) is 2.59. The predicted octanol–water partition coefficient (Wildman–Crippen LogP) is 3.56. The highest BCUT2D eigenvalue weighted by atomic mass is 32.2. The van der Waals surface area contributed by atoms with Crippen LogP contribution in [0.5, 0.6) is 0 Å². The average Bonchev–Trinajstić information content (AvgIpc) is 2.92. The minimum Gasteiger partial charge on any atom is -0.326 e. The van der Waals surface area contributed by atoms with Crippen molar-refractivity contribution in [1.82, 2.24) is 9.03 Å². The van der Waals surface area contributed by atoms with E-state index in [0.29, 0.717) is 22.4 Å². The quantitative estimate of drug-likeness (QED) is 0.423. The minimum absolute atomic E-state index is 0.0254. The smallest absolute Gasteiger partial charge is 0.243 e. The van der Waals surface area contributed by atoms with E-state index in [4.69, 9.17) is 0 Å². The van der Waals surface area contributed by atoms with Crippen molar-refractivity contribution in [3.8, 4) is 0 Å². The molecule has 0 saturated carbocycles. The van der Waals surface area contributed by atoms with Gasteiger partial charge >= 0.3 is 0 Å². The van der Waals surface area contributed by atoms with Crippen LogP contribution in [0.2, 0.25) is 0 Å². The van der Waals surface area contributed by atoms with E-state index in [1.54, 1.807) is 37.3 Å². The summed E-state index contributed by atoms with van der Waals surface area (Å²) in [4.78, 5) is 11.3. The van der Waals surface area contributed by atoms with E-state index < -0.39 is 41.3 Å². The van der Waals surface area contributed by atoms with Crippen molar-refractivity contribution in [2.45, 2.75) is 71.6 Å². The number of benzene rings is 3. The number of sulfonamides is 2. The summed E-state index contributed by atoms with van der Waals surface area (Å²) in [5.74, 6) is -0.267. The molecule has 0 bridgehead atoms. The van der Waals surface area contributed by atoms with E-state index >= 15 is 0 Å². The molecule has 2 aliphatic heterocycles. The zero-order valence-electron chi connectivity index (χ0n) is 23.7. The van der Waals surface area contributed by atoms with Crippen LogP contribution >= 0.6 is 0 Å². The topological polar surface area (TPSA) is 147 Å². The van der Waals surface area contributed by atoms with Crippen molar-refractivity contribution >= 4 is 41.5 Å². The molecular formula is C29H33N3O7S3. The number of carbonyl (C=O) groups excluding carboxylic acids is 1. The highest BCUT2D eigenvalue weighted by Crippen LogP contribution is 2.46. The summed E-state index contributed by atoms with van der Waals surface area (Å²) >= 11 is 0. The van der Waals surface area contributed by atoms with Crippen molar-refractivity contribution in [3.05, 3.63) is 77.4 Å². The van der Waals surface area contributed by atoms with Gasteiger partial charge in [0.05, 0.1) is 19.6 Å². The minimum atomic E-state index is -4.13. The third-order valence-electron chi connectivity index (χ3n) is 7.97. The van der Waals surface area contributed by atoms with Gasteiger partial charge < -0.3 is 5.32 Å². The third-order valence-corrected chi connectivity index (χ3v) is 13.4. The fraction of sp³-hybridized carbons (Fsp3) is 0.345. The lowest BCUT2D eigenvalue weighted by Crippen LogP contribution is -2.46. The predicted molar refractivity (Wildman–Crippen MR) is 158 cm³/mol. The molecule has 0 radical (unpaired) electrons. The fourth-order valence-corrected chi connectivity index (χ4v) is 10.8. The molecule has 42 heavy (non-hydrogen) atoms. The van der Waals surface area contributed by atoms with Gasteiger partial charge in [-0.05, 0) is 72.9 Å². The van der Waals surface area contributed by atoms with Gasteiger partial charge in [-0.25, -0.2) is 30.0 Å². The van der Waals surface area contributed by atoms with Gasteiger partial charge in [0, 0.05) is 37.2 Å². The summed E-state index contributed by atoms with van der Waals surface area (Å²) in [6.07, 6.45) is 0.482. The normalized spacial score (nSPS) is 18.6. The molecule has 5 rings (SSSR count). The molecule has 2 heterocycles. The lowest BCUT2D eigenvalue weighted by atomic mass is 9.77. The van der Waals surface area contributed by atoms with Crippen molar-refractivity contribution in [2.24, 2.45) is 0 Å². The number of nitrogens with zero attached hydrogens (tertiary/aromatic N) is 1. The monoisotopic (exact) mass is 631 g/mol. The van der Waals surface area contributed by atoms with Crippen molar-refractivity contribution in [2.75, 3.05) is 18.4 Å². The van der Waals surface area contributed by atoms with Gasteiger partial charge in [0.2, 0.25) is 35.8 Å². The second-order valence-corrected chi connectivity index (χ2v) is 16.8. The molecule has 224 valence electrons.